The van der Waals surface area contributed by atoms with Crippen LogP contribution in [-0.4, -0.2) is 24.1 Å². The summed E-state index contributed by atoms with van der Waals surface area (Å²) in [7, 11) is 0. The minimum Gasteiger partial charge on any atom is -0.486 e. The van der Waals surface area contributed by atoms with Gasteiger partial charge in [-0.3, -0.25) is 4.79 Å². The Labute approximate surface area is 197 Å². The van der Waals surface area contributed by atoms with E-state index < -0.39 is 0 Å². The van der Waals surface area contributed by atoms with Crippen LogP contribution in [0, 0.1) is 0 Å². The van der Waals surface area contributed by atoms with Gasteiger partial charge in [0.15, 0.2) is 18.1 Å². The minimum absolute atomic E-state index is 0.0962. The van der Waals surface area contributed by atoms with E-state index in [-0.39, 0.29) is 12.5 Å². The minimum atomic E-state index is -0.209. The lowest BCUT2D eigenvalue weighted by molar-refractivity contribution is -0.123. The highest BCUT2D eigenvalue weighted by molar-refractivity contribution is 7.13. The molecule has 0 radical (unpaired) electrons. The summed E-state index contributed by atoms with van der Waals surface area (Å²) in [5, 5.41) is 5.91. The van der Waals surface area contributed by atoms with Crippen molar-refractivity contribution in [3.8, 4) is 33.3 Å². The number of nitrogens with zero attached hydrogens (tertiary/aromatic N) is 1. The SMILES string of the molecule is C=CCOc1ccccc1OCC(=O)NCc1cccc(-c2nc(-c3ccccc3)cs2)c1. The van der Waals surface area contributed by atoms with Gasteiger partial charge >= 0.3 is 0 Å². The number of hydrogen-bond acceptors (Lipinski definition) is 5. The highest BCUT2D eigenvalue weighted by Gasteiger charge is 2.09. The third-order valence-electron chi connectivity index (χ3n) is 4.80. The highest BCUT2D eigenvalue weighted by atomic mass is 32.1. The van der Waals surface area contributed by atoms with Crippen LogP contribution in [-0.2, 0) is 11.3 Å². The van der Waals surface area contributed by atoms with Crippen molar-refractivity contribution in [2.75, 3.05) is 13.2 Å². The lowest BCUT2D eigenvalue weighted by Crippen LogP contribution is -2.28. The Kier molecular flexibility index (Phi) is 7.51. The van der Waals surface area contributed by atoms with Gasteiger partial charge in [-0.15, -0.1) is 11.3 Å². The van der Waals surface area contributed by atoms with Gasteiger partial charge in [-0.1, -0.05) is 73.3 Å². The number of nitrogens with one attached hydrogen (secondary N) is 1. The first-order chi connectivity index (χ1) is 16.2. The molecule has 1 heterocycles. The molecular formula is C27H24N2O3S. The fourth-order valence-corrected chi connectivity index (χ4v) is 4.02. The molecule has 1 N–H and O–H groups in total. The summed E-state index contributed by atoms with van der Waals surface area (Å²) in [6.45, 7) is 4.32. The number of aromatic nitrogens is 1. The standard InChI is InChI=1S/C27H24N2O3S/c1-2-15-31-24-13-6-7-14-25(24)32-18-26(30)28-17-20-9-8-12-22(16-20)27-29-23(19-33-27)21-10-4-3-5-11-21/h2-14,16,19H,1,15,17-18H2,(H,28,30). The summed E-state index contributed by atoms with van der Waals surface area (Å²) in [6.07, 6.45) is 1.66. The Morgan fingerprint density at radius 1 is 0.939 bits per heavy atom. The maximum Gasteiger partial charge on any atom is 0.258 e. The molecule has 4 rings (SSSR count). The molecule has 0 saturated heterocycles. The summed E-state index contributed by atoms with van der Waals surface area (Å²) in [6, 6.07) is 25.4. The van der Waals surface area contributed by atoms with Gasteiger partial charge in [-0.2, -0.15) is 0 Å². The molecule has 0 aliphatic rings. The Bertz CT molecular complexity index is 1220. The van der Waals surface area contributed by atoms with E-state index >= 15 is 0 Å². The molecule has 1 aromatic heterocycles. The molecule has 4 aromatic rings. The second-order valence-corrected chi connectivity index (χ2v) is 8.07. The van der Waals surface area contributed by atoms with Gasteiger partial charge in [0.25, 0.3) is 5.91 Å². The Morgan fingerprint density at radius 3 is 2.45 bits per heavy atom. The van der Waals surface area contributed by atoms with Gasteiger partial charge in [-0.05, 0) is 23.8 Å². The summed E-state index contributed by atoms with van der Waals surface area (Å²) < 4.78 is 11.2. The molecule has 0 spiro atoms. The van der Waals surface area contributed by atoms with Crippen molar-refractivity contribution in [3.63, 3.8) is 0 Å². The Balaban J connectivity index is 1.34. The van der Waals surface area contributed by atoms with E-state index in [0.29, 0.717) is 24.7 Å². The number of benzene rings is 3. The third kappa shape index (κ3) is 6.08. The van der Waals surface area contributed by atoms with E-state index in [1.165, 1.54) is 0 Å². The molecule has 5 nitrogen and oxygen atoms in total. The number of carbonyl (C=O) groups excluding carboxylic acids is 1. The number of rotatable bonds is 10. The number of ether oxygens (including phenoxy) is 2. The van der Waals surface area contributed by atoms with E-state index in [9.17, 15) is 4.79 Å². The van der Waals surface area contributed by atoms with Crippen molar-refractivity contribution in [1.29, 1.82) is 0 Å². The van der Waals surface area contributed by atoms with E-state index in [1.54, 1.807) is 29.5 Å². The third-order valence-corrected chi connectivity index (χ3v) is 5.69. The largest absolute Gasteiger partial charge is 0.486 e. The van der Waals surface area contributed by atoms with Gasteiger partial charge in [0.1, 0.15) is 11.6 Å². The second kappa shape index (κ2) is 11.1. The smallest absolute Gasteiger partial charge is 0.258 e. The number of hydrogen-bond donors (Lipinski definition) is 1. The van der Waals surface area contributed by atoms with Crippen molar-refractivity contribution >= 4 is 17.2 Å². The van der Waals surface area contributed by atoms with Crippen LogP contribution in [0.3, 0.4) is 0 Å². The summed E-state index contributed by atoms with van der Waals surface area (Å²) in [4.78, 5) is 17.1. The van der Waals surface area contributed by atoms with E-state index in [2.05, 4.69) is 29.4 Å². The second-order valence-electron chi connectivity index (χ2n) is 7.22. The Morgan fingerprint density at radius 2 is 1.67 bits per heavy atom. The Hall–Kier alpha value is -3.90. The number of thiazole rings is 1. The van der Waals surface area contributed by atoms with E-state index in [0.717, 1.165) is 27.4 Å². The predicted octanol–water partition coefficient (Wildman–Crippen LogP) is 5.74. The average molecular weight is 457 g/mol. The monoisotopic (exact) mass is 456 g/mol. The maximum absolute atomic E-state index is 12.3. The quantitative estimate of drug-likeness (QED) is 0.309. The van der Waals surface area contributed by atoms with Crippen LogP contribution in [0.5, 0.6) is 11.5 Å². The molecule has 6 heteroatoms. The van der Waals surface area contributed by atoms with Crippen LogP contribution in [0.4, 0.5) is 0 Å². The molecule has 0 aliphatic heterocycles. The molecule has 0 saturated carbocycles. The first-order valence-electron chi connectivity index (χ1n) is 10.6. The van der Waals surface area contributed by atoms with Crippen LogP contribution in [0.25, 0.3) is 21.8 Å². The first-order valence-corrected chi connectivity index (χ1v) is 11.4. The lowest BCUT2D eigenvalue weighted by Gasteiger charge is -2.12. The van der Waals surface area contributed by atoms with Gasteiger partial charge < -0.3 is 14.8 Å². The van der Waals surface area contributed by atoms with Crippen LogP contribution in [0.2, 0.25) is 0 Å². The average Bonchev–Trinajstić information content (AvgIpc) is 3.37. The van der Waals surface area contributed by atoms with Crippen molar-refractivity contribution in [2.45, 2.75) is 6.54 Å². The van der Waals surface area contributed by atoms with E-state index in [4.69, 9.17) is 14.5 Å². The zero-order valence-electron chi connectivity index (χ0n) is 18.1. The molecule has 0 aliphatic carbocycles. The molecule has 0 fully saturated rings. The first kappa shape index (κ1) is 22.3. The molecule has 0 bridgehead atoms. The maximum atomic E-state index is 12.3. The summed E-state index contributed by atoms with van der Waals surface area (Å²) in [5.74, 6) is 0.894. The van der Waals surface area contributed by atoms with E-state index in [1.807, 2.05) is 54.6 Å². The van der Waals surface area contributed by atoms with Crippen LogP contribution in [0.15, 0.2) is 96.9 Å². The number of carbonyl (C=O) groups is 1. The van der Waals surface area contributed by atoms with Gasteiger partial charge in [0.05, 0.1) is 5.69 Å². The van der Waals surface area contributed by atoms with Crippen molar-refractivity contribution in [1.82, 2.24) is 10.3 Å². The molecule has 166 valence electrons. The summed E-state index contributed by atoms with van der Waals surface area (Å²) in [5.41, 5.74) is 4.08. The summed E-state index contributed by atoms with van der Waals surface area (Å²) >= 11 is 1.61. The van der Waals surface area contributed by atoms with Crippen LogP contribution < -0.4 is 14.8 Å². The lowest BCUT2D eigenvalue weighted by atomic mass is 10.1. The highest BCUT2D eigenvalue weighted by Crippen LogP contribution is 2.29. The predicted molar refractivity (Wildman–Crippen MR) is 132 cm³/mol. The van der Waals surface area contributed by atoms with Gasteiger partial charge in [0, 0.05) is 23.1 Å². The van der Waals surface area contributed by atoms with Crippen molar-refractivity contribution in [3.05, 3.63) is 102 Å². The molecule has 1 amide bonds. The molecule has 0 atom stereocenters. The normalized spacial score (nSPS) is 10.4. The molecule has 0 unspecified atom stereocenters. The zero-order valence-corrected chi connectivity index (χ0v) is 18.9. The van der Waals surface area contributed by atoms with Gasteiger partial charge in [-0.25, -0.2) is 4.98 Å². The molecular weight excluding hydrogens is 432 g/mol. The molecule has 3 aromatic carbocycles. The van der Waals surface area contributed by atoms with Crippen molar-refractivity contribution < 1.29 is 14.3 Å². The molecule has 33 heavy (non-hydrogen) atoms. The fourth-order valence-electron chi connectivity index (χ4n) is 3.19. The van der Waals surface area contributed by atoms with Crippen LogP contribution in [0.1, 0.15) is 5.56 Å². The fraction of sp³-hybridized carbons (Fsp3) is 0.111. The van der Waals surface area contributed by atoms with Gasteiger partial charge in [0.2, 0.25) is 0 Å². The topological polar surface area (TPSA) is 60.5 Å². The number of amides is 1. The zero-order chi connectivity index (χ0) is 22.9. The number of para-hydroxylation sites is 2. The van der Waals surface area contributed by atoms with Crippen LogP contribution >= 0.6 is 11.3 Å². The van der Waals surface area contributed by atoms with Crippen molar-refractivity contribution in [2.24, 2.45) is 0 Å².